The number of nitrogens with one attached hydrogen (secondary N) is 1. The summed E-state index contributed by atoms with van der Waals surface area (Å²) in [5.41, 5.74) is 1.12. The van der Waals surface area contributed by atoms with Crippen LogP contribution < -0.4 is 5.32 Å². The average Bonchev–Trinajstić information content (AvgIpc) is 2.34. The lowest BCUT2D eigenvalue weighted by Gasteiger charge is -2.33. The van der Waals surface area contributed by atoms with Crippen LogP contribution in [0.25, 0.3) is 0 Å². The van der Waals surface area contributed by atoms with Gasteiger partial charge < -0.3 is 5.32 Å². The molecule has 0 bridgehead atoms. The molecule has 1 aliphatic heterocycles. The zero-order valence-electron chi connectivity index (χ0n) is 10.6. The molecule has 1 heterocycles. The van der Waals surface area contributed by atoms with Crippen molar-refractivity contribution in [1.29, 1.82) is 0 Å². The van der Waals surface area contributed by atoms with Crippen molar-refractivity contribution < 1.29 is 4.92 Å². The van der Waals surface area contributed by atoms with Crippen molar-refractivity contribution in [2.24, 2.45) is 0 Å². The van der Waals surface area contributed by atoms with E-state index in [4.69, 9.17) is 0 Å². The van der Waals surface area contributed by atoms with Crippen molar-refractivity contribution in [3.8, 4) is 0 Å². The molecule has 1 aliphatic rings. The van der Waals surface area contributed by atoms with Gasteiger partial charge in [0.15, 0.2) is 0 Å². The number of rotatable bonds is 3. The Hall–Kier alpha value is -0.690. The highest BCUT2D eigenvalue weighted by atomic mass is 79.9. The van der Waals surface area contributed by atoms with Crippen LogP contribution in [0.3, 0.4) is 0 Å². The third-order valence-electron chi connectivity index (χ3n) is 3.23. The Morgan fingerprint density at radius 3 is 2.95 bits per heavy atom. The summed E-state index contributed by atoms with van der Waals surface area (Å²) in [5.74, 6) is 0. The van der Waals surface area contributed by atoms with E-state index >= 15 is 0 Å². The van der Waals surface area contributed by atoms with E-state index in [0.29, 0.717) is 10.5 Å². The molecule has 1 N–H and O–H groups in total. The van der Waals surface area contributed by atoms with Crippen LogP contribution in [0.5, 0.6) is 0 Å². The highest BCUT2D eigenvalue weighted by Gasteiger charge is 2.19. The topological polar surface area (TPSA) is 58.4 Å². The first kappa shape index (κ1) is 16.4. The number of piperazine rings is 1. The Labute approximate surface area is 127 Å². The van der Waals surface area contributed by atoms with Crippen LogP contribution >= 0.6 is 28.3 Å². The van der Waals surface area contributed by atoms with Gasteiger partial charge in [-0.2, -0.15) is 0 Å². The number of nitro groups is 1. The molecule has 0 unspecified atom stereocenters. The van der Waals surface area contributed by atoms with Gasteiger partial charge in [-0.25, -0.2) is 0 Å². The maximum atomic E-state index is 10.9. The Kier molecular flexibility index (Phi) is 6.19. The second-order valence-electron chi connectivity index (χ2n) is 4.57. The molecule has 5 nitrogen and oxygen atoms in total. The number of nitro benzene ring substituents is 1. The second kappa shape index (κ2) is 7.19. The van der Waals surface area contributed by atoms with E-state index in [0.717, 1.165) is 31.7 Å². The predicted octanol–water partition coefficient (Wildman–Crippen LogP) is 2.57. The third-order valence-corrected chi connectivity index (χ3v) is 3.90. The first-order valence-corrected chi connectivity index (χ1v) is 6.75. The quantitative estimate of drug-likeness (QED) is 0.672. The third kappa shape index (κ3) is 4.14. The summed E-state index contributed by atoms with van der Waals surface area (Å²) < 4.78 is 0.532. The van der Waals surface area contributed by atoms with Gasteiger partial charge in [-0.15, -0.1) is 12.4 Å². The lowest BCUT2D eigenvalue weighted by atomic mass is 10.1. The van der Waals surface area contributed by atoms with E-state index in [-0.39, 0.29) is 23.0 Å². The first-order valence-electron chi connectivity index (χ1n) is 5.95. The van der Waals surface area contributed by atoms with Crippen LogP contribution in [0, 0.1) is 10.1 Å². The normalized spacial score (nSPS) is 19.8. The van der Waals surface area contributed by atoms with Crippen LogP contribution in [0.15, 0.2) is 22.7 Å². The summed E-state index contributed by atoms with van der Waals surface area (Å²) >= 11 is 3.20. The SMILES string of the molecule is C[C@H]1CNCCN1Cc1ccc(Br)c([N+](=O)[O-])c1.Cl. The molecule has 1 saturated heterocycles. The number of halogens is 2. The van der Waals surface area contributed by atoms with E-state index in [1.54, 1.807) is 12.1 Å². The molecule has 1 atom stereocenters. The van der Waals surface area contributed by atoms with Crippen LogP contribution in [0.2, 0.25) is 0 Å². The van der Waals surface area contributed by atoms with Crippen LogP contribution in [-0.2, 0) is 6.54 Å². The van der Waals surface area contributed by atoms with Gasteiger partial charge in [-0.05, 0) is 34.5 Å². The highest BCUT2D eigenvalue weighted by molar-refractivity contribution is 9.10. The summed E-state index contributed by atoms with van der Waals surface area (Å²) in [7, 11) is 0. The van der Waals surface area contributed by atoms with Gasteiger partial charge >= 0.3 is 0 Å². The van der Waals surface area contributed by atoms with Crippen LogP contribution in [0.4, 0.5) is 5.69 Å². The molecular formula is C12H17BrClN3O2. The van der Waals surface area contributed by atoms with Crippen molar-refractivity contribution in [1.82, 2.24) is 10.2 Å². The van der Waals surface area contributed by atoms with Gasteiger partial charge in [0.1, 0.15) is 0 Å². The number of benzene rings is 1. The number of hydrogen-bond donors (Lipinski definition) is 1. The fraction of sp³-hybridized carbons (Fsp3) is 0.500. The van der Waals surface area contributed by atoms with Crippen molar-refractivity contribution in [2.45, 2.75) is 19.5 Å². The van der Waals surface area contributed by atoms with Gasteiger partial charge in [0.2, 0.25) is 0 Å². The minimum absolute atomic E-state index is 0. The largest absolute Gasteiger partial charge is 0.314 e. The standard InChI is InChI=1S/C12H16BrN3O2.ClH/c1-9-7-14-4-5-15(9)8-10-2-3-11(13)12(6-10)16(17)18;/h2-3,6,9,14H,4-5,7-8H2,1H3;1H/t9-;/m0./s1. The van der Waals surface area contributed by atoms with Crippen molar-refractivity contribution in [3.63, 3.8) is 0 Å². The molecule has 0 aromatic heterocycles. The van der Waals surface area contributed by atoms with E-state index in [2.05, 4.69) is 33.1 Å². The lowest BCUT2D eigenvalue weighted by Crippen LogP contribution is -2.49. The lowest BCUT2D eigenvalue weighted by molar-refractivity contribution is -0.385. The van der Waals surface area contributed by atoms with Crippen molar-refractivity contribution in [3.05, 3.63) is 38.3 Å². The maximum absolute atomic E-state index is 10.9. The van der Waals surface area contributed by atoms with E-state index in [1.165, 1.54) is 0 Å². The zero-order valence-corrected chi connectivity index (χ0v) is 13.0. The molecule has 0 radical (unpaired) electrons. The molecule has 1 fully saturated rings. The highest BCUT2D eigenvalue weighted by Crippen LogP contribution is 2.26. The fourth-order valence-corrected chi connectivity index (χ4v) is 2.54. The van der Waals surface area contributed by atoms with E-state index < -0.39 is 0 Å². The molecule has 7 heteroatoms. The zero-order chi connectivity index (χ0) is 13.1. The summed E-state index contributed by atoms with van der Waals surface area (Å²) in [6.45, 7) is 5.85. The summed E-state index contributed by atoms with van der Waals surface area (Å²) in [5, 5.41) is 14.2. The molecule has 1 aromatic carbocycles. The summed E-state index contributed by atoms with van der Waals surface area (Å²) in [6, 6.07) is 5.80. The van der Waals surface area contributed by atoms with Gasteiger partial charge in [0, 0.05) is 38.3 Å². The van der Waals surface area contributed by atoms with Crippen molar-refractivity contribution >= 4 is 34.0 Å². The molecular weight excluding hydrogens is 334 g/mol. The monoisotopic (exact) mass is 349 g/mol. The van der Waals surface area contributed by atoms with E-state index in [1.807, 2.05) is 6.07 Å². The van der Waals surface area contributed by atoms with E-state index in [9.17, 15) is 10.1 Å². The molecule has 0 saturated carbocycles. The molecule has 106 valence electrons. The van der Waals surface area contributed by atoms with Gasteiger partial charge in [0.25, 0.3) is 5.69 Å². The molecule has 0 amide bonds. The molecule has 0 aliphatic carbocycles. The summed E-state index contributed by atoms with van der Waals surface area (Å²) in [6.07, 6.45) is 0. The Bertz CT molecular complexity index is 459. The smallest absolute Gasteiger partial charge is 0.283 e. The Morgan fingerprint density at radius 2 is 2.32 bits per heavy atom. The molecule has 2 rings (SSSR count). The molecule has 1 aromatic rings. The maximum Gasteiger partial charge on any atom is 0.283 e. The summed E-state index contributed by atoms with van der Waals surface area (Å²) in [4.78, 5) is 12.9. The Morgan fingerprint density at radius 1 is 1.58 bits per heavy atom. The Balaban J connectivity index is 0.00000180. The predicted molar refractivity (Wildman–Crippen MR) is 80.8 cm³/mol. The van der Waals surface area contributed by atoms with Crippen LogP contribution in [-0.4, -0.2) is 35.5 Å². The first-order chi connectivity index (χ1) is 8.58. The van der Waals surface area contributed by atoms with Crippen molar-refractivity contribution in [2.75, 3.05) is 19.6 Å². The molecule has 0 spiro atoms. The van der Waals surface area contributed by atoms with Crippen LogP contribution in [0.1, 0.15) is 12.5 Å². The second-order valence-corrected chi connectivity index (χ2v) is 5.42. The minimum Gasteiger partial charge on any atom is -0.314 e. The van der Waals surface area contributed by atoms with Gasteiger partial charge in [-0.3, -0.25) is 15.0 Å². The minimum atomic E-state index is -0.352. The fourth-order valence-electron chi connectivity index (χ4n) is 2.15. The van der Waals surface area contributed by atoms with Gasteiger partial charge in [-0.1, -0.05) is 6.07 Å². The average molecular weight is 351 g/mol. The van der Waals surface area contributed by atoms with Gasteiger partial charge in [0.05, 0.1) is 9.40 Å². The molecule has 19 heavy (non-hydrogen) atoms. The number of nitrogens with zero attached hydrogens (tertiary/aromatic N) is 2. The number of hydrogen-bond acceptors (Lipinski definition) is 4.